The van der Waals surface area contributed by atoms with E-state index in [0.29, 0.717) is 4.57 Å². The van der Waals surface area contributed by atoms with Crippen molar-refractivity contribution in [2.45, 2.75) is 24.4 Å². The van der Waals surface area contributed by atoms with Crippen molar-refractivity contribution in [1.29, 1.82) is 0 Å². The molecule has 7 nitrogen and oxygen atoms in total. The number of aliphatic hydroxyl groups excluding tert-OH is 1. The van der Waals surface area contributed by atoms with Crippen molar-refractivity contribution in [1.82, 2.24) is 9.55 Å². The second-order valence-electron chi connectivity index (χ2n) is 4.08. The molecule has 0 aromatic carbocycles. The van der Waals surface area contributed by atoms with Gasteiger partial charge in [-0.15, -0.1) is 0 Å². The van der Waals surface area contributed by atoms with Gasteiger partial charge in [0.25, 0.3) is 0 Å². The smallest absolute Gasteiger partial charge is 0.351 e. The summed E-state index contributed by atoms with van der Waals surface area (Å²) >= 11 is 0. The normalized spacial score (nSPS) is 29.6. The number of nitrogens with zero attached hydrogens (tertiary/aromatic N) is 2. The van der Waals surface area contributed by atoms with Crippen LogP contribution in [0.1, 0.15) is 6.23 Å². The molecule has 0 radical (unpaired) electrons. The van der Waals surface area contributed by atoms with Crippen molar-refractivity contribution in [2.75, 3.05) is 19.5 Å². The Balaban J connectivity index is 2.42. The highest BCUT2D eigenvalue weighted by atomic mass is 19.3. The van der Waals surface area contributed by atoms with Gasteiger partial charge in [0.1, 0.15) is 11.9 Å². The zero-order valence-corrected chi connectivity index (χ0v) is 9.99. The monoisotopic (exact) mass is 277 g/mol. The highest BCUT2D eigenvalue weighted by Gasteiger charge is 2.60. The quantitative estimate of drug-likeness (QED) is 0.762. The molecular formula is C10H13F2N3O4. The molecule has 3 atom stereocenters. The van der Waals surface area contributed by atoms with Gasteiger partial charge in [-0.2, -0.15) is 13.8 Å². The number of rotatable bonds is 3. The van der Waals surface area contributed by atoms with Gasteiger partial charge in [-0.3, -0.25) is 4.57 Å². The highest BCUT2D eigenvalue weighted by molar-refractivity contribution is 5.23. The zero-order valence-electron chi connectivity index (χ0n) is 9.99. The van der Waals surface area contributed by atoms with E-state index >= 15 is 0 Å². The van der Waals surface area contributed by atoms with E-state index in [9.17, 15) is 13.6 Å². The van der Waals surface area contributed by atoms with Crippen molar-refractivity contribution in [3.63, 3.8) is 0 Å². The lowest BCUT2D eigenvalue weighted by Crippen LogP contribution is -2.43. The molecule has 1 aromatic rings. The van der Waals surface area contributed by atoms with Gasteiger partial charge in [0.05, 0.1) is 6.61 Å². The topological polar surface area (TPSA) is 99.6 Å². The number of alkyl halides is 2. The summed E-state index contributed by atoms with van der Waals surface area (Å²) in [5.41, 5.74) is 4.32. The number of nitrogen functional groups attached to an aromatic ring is 1. The molecule has 3 N–H and O–H groups in total. The maximum Gasteiger partial charge on any atom is 0.351 e. The maximum atomic E-state index is 14.1. The second kappa shape index (κ2) is 4.83. The van der Waals surface area contributed by atoms with E-state index in [1.54, 1.807) is 0 Å². The van der Waals surface area contributed by atoms with E-state index < -0.39 is 36.7 Å². The number of hydrogen-bond donors (Lipinski definition) is 2. The van der Waals surface area contributed by atoms with Crippen LogP contribution in [0.2, 0.25) is 0 Å². The van der Waals surface area contributed by atoms with Gasteiger partial charge in [-0.1, -0.05) is 0 Å². The Morgan fingerprint density at radius 1 is 1.68 bits per heavy atom. The van der Waals surface area contributed by atoms with E-state index in [-0.39, 0.29) is 5.82 Å². The minimum Gasteiger partial charge on any atom is -0.394 e. The minimum atomic E-state index is -3.48. The lowest BCUT2D eigenvalue weighted by molar-refractivity contribution is -0.147. The molecular weight excluding hydrogens is 264 g/mol. The van der Waals surface area contributed by atoms with Crippen LogP contribution in [0.5, 0.6) is 0 Å². The predicted octanol–water partition coefficient (Wildman–Crippen LogP) is -0.635. The second-order valence-corrected chi connectivity index (χ2v) is 4.08. The molecule has 0 spiro atoms. The van der Waals surface area contributed by atoms with Crippen molar-refractivity contribution >= 4 is 5.82 Å². The van der Waals surface area contributed by atoms with Crippen LogP contribution in [0.25, 0.3) is 0 Å². The summed E-state index contributed by atoms with van der Waals surface area (Å²) < 4.78 is 38.5. The maximum absolute atomic E-state index is 14.1. The van der Waals surface area contributed by atoms with E-state index in [0.717, 1.165) is 13.3 Å². The molecule has 0 bridgehead atoms. The molecule has 2 rings (SSSR count). The Morgan fingerprint density at radius 2 is 2.37 bits per heavy atom. The Morgan fingerprint density at radius 3 is 2.84 bits per heavy atom. The third-order valence-corrected chi connectivity index (χ3v) is 2.89. The SMILES string of the molecule is COC1[C@@H](CO)O[C@@H](n2ccc(N)nc2=O)C1(F)F. The lowest BCUT2D eigenvalue weighted by atomic mass is 10.1. The van der Waals surface area contributed by atoms with Crippen molar-refractivity contribution in [3.05, 3.63) is 22.7 Å². The predicted molar refractivity (Wildman–Crippen MR) is 59.6 cm³/mol. The minimum absolute atomic E-state index is 0.0791. The summed E-state index contributed by atoms with van der Waals surface area (Å²) in [6.07, 6.45) is -3.70. The molecule has 0 aliphatic carbocycles. The molecule has 19 heavy (non-hydrogen) atoms. The van der Waals surface area contributed by atoms with Gasteiger partial charge in [0.15, 0.2) is 6.10 Å². The van der Waals surface area contributed by atoms with Gasteiger partial charge < -0.3 is 20.3 Å². The first-order valence-corrected chi connectivity index (χ1v) is 5.43. The average molecular weight is 277 g/mol. The standard InChI is InChI=1S/C10H13F2N3O4/c1-18-7-5(4-16)19-8(10(7,11)12)15-3-2-6(13)14-9(15)17/h2-3,5,7-8,16H,4H2,1H3,(H2,13,14,17)/t5-,7?,8-/m1/s1. The zero-order chi connectivity index (χ0) is 14.2. The molecule has 1 unspecified atom stereocenters. The molecule has 1 aromatic heterocycles. The van der Waals surface area contributed by atoms with Crippen LogP contribution in [0.15, 0.2) is 17.1 Å². The van der Waals surface area contributed by atoms with E-state index in [2.05, 4.69) is 9.72 Å². The number of aromatic nitrogens is 2. The summed E-state index contributed by atoms with van der Waals surface area (Å²) in [5.74, 6) is -3.56. The van der Waals surface area contributed by atoms with Crippen LogP contribution in [0.4, 0.5) is 14.6 Å². The van der Waals surface area contributed by atoms with Crippen molar-refractivity contribution in [3.8, 4) is 0 Å². The first-order valence-electron chi connectivity index (χ1n) is 5.43. The molecule has 9 heteroatoms. The van der Waals surface area contributed by atoms with Gasteiger partial charge in [-0.25, -0.2) is 4.79 Å². The van der Waals surface area contributed by atoms with Gasteiger partial charge >= 0.3 is 11.6 Å². The first-order chi connectivity index (χ1) is 8.91. The summed E-state index contributed by atoms with van der Waals surface area (Å²) in [7, 11) is 1.08. The average Bonchev–Trinajstić information content (AvgIpc) is 2.60. The highest BCUT2D eigenvalue weighted by Crippen LogP contribution is 2.43. The Bertz CT molecular complexity index is 522. The summed E-state index contributed by atoms with van der Waals surface area (Å²) in [5, 5.41) is 9.02. The summed E-state index contributed by atoms with van der Waals surface area (Å²) in [6, 6.07) is 1.20. The van der Waals surface area contributed by atoms with Gasteiger partial charge in [-0.05, 0) is 6.07 Å². The number of nitrogens with two attached hydrogens (primary N) is 1. The van der Waals surface area contributed by atoms with E-state index in [1.807, 2.05) is 0 Å². The summed E-state index contributed by atoms with van der Waals surface area (Å²) in [4.78, 5) is 14.9. The van der Waals surface area contributed by atoms with Crippen LogP contribution in [0.3, 0.4) is 0 Å². The molecule has 106 valence electrons. The number of aliphatic hydroxyl groups is 1. The third-order valence-electron chi connectivity index (χ3n) is 2.89. The fourth-order valence-electron chi connectivity index (χ4n) is 2.02. The fourth-order valence-corrected chi connectivity index (χ4v) is 2.02. The van der Waals surface area contributed by atoms with Crippen molar-refractivity contribution in [2.24, 2.45) is 0 Å². The first kappa shape index (κ1) is 13.8. The number of anilines is 1. The Hall–Kier alpha value is -1.58. The van der Waals surface area contributed by atoms with E-state index in [1.165, 1.54) is 6.07 Å². The van der Waals surface area contributed by atoms with Gasteiger partial charge in [0.2, 0.25) is 6.23 Å². The molecule has 0 saturated carbocycles. The molecule has 1 saturated heterocycles. The number of methoxy groups -OCH3 is 1. The molecule has 1 aliphatic heterocycles. The van der Waals surface area contributed by atoms with Gasteiger partial charge in [0, 0.05) is 13.3 Å². The van der Waals surface area contributed by atoms with Crippen LogP contribution < -0.4 is 11.4 Å². The number of hydrogen-bond acceptors (Lipinski definition) is 6. The van der Waals surface area contributed by atoms with Crippen molar-refractivity contribution < 1.29 is 23.4 Å². The van der Waals surface area contributed by atoms with Crippen LogP contribution in [-0.4, -0.2) is 46.5 Å². The molecule has 1 fully saturated rings. The van der Waals surface area contributed by atoms with E-state index in [4.69, 9.17) is 15.6 Å². The summed E-state index contributed by atoms with van der Waals surface area (Å²) in [6.45, 7) is -0.651. The number of ether oxygens (including phenoxy) is 2. The Kier molecular flexibility index (Phi) is 3.52. The Labute approximate surface area is 106 Å². The third kappa shape index (κ3) is 2.20. The van der Waals surface area contributed by atoms with Crippen LogP contribution in [0, 0.1) is 0 Å². The molecule has 2 heterocycles. The van der Waals surface area contributed by atoms with Crippen LogP contribution in [-0.2, 0) is 9.47 Å². The number of halogens is 2. The van der Waals surface area contributed by atoms with Crippen LogP contribution >= 0.6 is 0 Å². The molecule has 1 aliphatic rings. The fraction of sp³-hybridized carbons (Fsp3) is 0.600. The lowest BCUT2D eigenvalue weighted by Gasteiger charge is -2.22. The molecule has 0 amide bonds. The largest absolute Gasteiger partial charge is 0.394 e.